The zero-order chi connectivity index (χ0) is 26.2. The number of hydrogen-bond acceptors (Lipinski definition) is 7. The summed E-state index contributed by atoms with van der Waals surface area (Å²) in [5, 5.41) is 13.9. The van der Waals surface area contributed by atoms with Crippen molar-refractivity contribution in [2.24, 2.45) is 11.7 Å². The number of carbonyl (C=O) groups excluding carboxylic acids is 4. The number of nitrogens with one attached hydrogen (secondary N) is 5. The number of hydrogen-bond donors (Lipinski definition) is 6. The van der Waals surface area contributed by atoms with Gasteiger partial charge in [-0.15, -0.1) is 0 Å². The van der Waals surface area contributed by atoms with Crippen LogP contribution in [0.2, 0.25) is 0 Å². The summed E-state index contributed by atoms with van der Waals surface area (Å²) in [6.45, 7) is 7.37. The fraction of sp³-hybridized carbons (Fsp3) is 0.583. The van der Waals surface area contributed by atoms with Gasteiger partial charge in [0.1, 0.15) is 0 Å². The third-order valence-electron chi connectivity index (χ3n) is 5.41. The van der Waals surface area contributed by atoms with Crippen LogP contribution in [0.1, 0.15) is 32.6 Å². The number of rotatable bonds is 17. The van der Waals surface area contributed by atoms with Gasteiger partial charge in [-0.25, -0.2) is 0 Å². The third-order valence-corrected chi connectivity index (χ3v) is 5.41. The van der Waals surface area contributed by atoms with Gasteiger partial charge in [0.2, 0.25) is 23.6 Å². The van der Waals surface area contributed by atoms with Crippen molar-refractivity contribution >= 4 is 23.6 Å². The van der Waals surface area contributed by atoms with Crippen LogP contribution in [0.25, 0.3) is 0 Å². The molecule has 196 valence electrons. The van der Waals surface area contributed by atoms with Crippen molar-refractivity contribution in [3.63, 3.8) is 0 Å². The molecule has 0 aliphatic carbocycles. The van der Waals surface area contributed by atoms with Crippen LogP contribution in [0.5, 0.6) is 0 Å². The molecule has 0 spiro atoms. The van der Waals surface area contributed by atoms with Gasteiger partial charge in [-0.05, 0) is 31.3 Å². The molecule has 1 aliphatic heterocycles. The summed E-state index contributed by atoms with van der Waals surface area (Å²) >= 11 is 0. The van der Waals surface area contributed by atoms with E-state index in [1.54, 1.807) is 7.05 Å². The van der Waals surface area contributed by atoms with Crippen LogP contribution in [0.15, 0.2) is 36.2 Å². The predicted octanol–water partition coefficient (Wildman–Crippen LogP) is -0.906. The Balaban J connectivity index is 2.53. The van der Waals surface area contributed by atoms with Gasteiger partial charge in [-0.1, -0.05) is 26.0 Å². The second kappa shape index (κ2) is 16.3. The Kier molecular flexibility index (Phi) is 13.8. The molecule has 0 radical (unpaired) electrons. The lowest BCUT2D eigenvalue weighted by atomic mass is 9.91. The molecule has 7 N–H and O–H groups in total. The number of primary amides is 1. The van der Waals surface area contributed by atoms with Crippen molar-refractivity contribution in [3.8, 4) is 0 Å². The SMILES string of the molecule is C=C(CC1=CCN(C)C=C1)NCC(=O)NCC(=O)NC(CC(N)=O)C(CCC)C(=O)NCCNC. The first kappa shape index (κ1) is 29.7. The summed E-state index contributed by atoms with van der Waals surface area (Å²) in [5.41, 5.74) is 7.16. The van der Waals surface area contributed by atoms with Crippen LogP contribution in [-0.2, 0) is 19.2 Å². The maximum absolute atomic E-state index is 12.6. The Morgan fingerprint density at radius 2 is 1.83 bits per heavy atom. The molecule has 0 saturated heterocycles. The summed E-state index contributed by atoms with van der Waals surface area (Å²) in [4.78, 5) is 50.9. The molecule has 0 aromatic heterocycles. The van der Waals surface area contributed by atoms with Gasteiger partial charge in [0, 0.05) is 51.3 Å². The smallest absolute Gasteiger partial charge is 0.239 e. The molecule has 0 aromatic carbocycles. The van der Waals surface area contributed by atoms with E-state index in [1.165, 1.54) is 0 Å². The highest BCUT2D eigenvalue weighted by Crippen LogP contribution is 2.15. The van der Waals surface area contributed by atoms with Crippen molar-refractivity contribution < 1.29 is 19.2 Å². The van der Waals surface area contributed by atoms with Crippen molar-refractivity contribution in [1.82, 2.24) is 31.5 Å². The molecule has 0 aromatic rings. The van der Waals surface area contributed by atoms with E-state index in [4.69, 9.17) is 5.73 Å². The lowest BCUT2D eigenvalue weighted by molar-refractivity contribution is -0.129. The average molecular weight is 492 g/mol. The lowest BCUT2D eigenvalue weighted by Gasteiger charge is -2.26. The highest BCUT2D eigenvalue weighted by atomic mass is 16.2. The number of nitrogens with two attached hydrogens (primary N) is 1. The van der Waals surface area contributed by atoms with Gasteiger partial charge >= 0.3 is 0 Å². The molecule has 1 rings (SSSR count). The molecule has 2 unspecified atom stereocenters. The summed E-state index contributed by atoms with van der Waals surface area (Å²) < 4.78 is 0. The maximum Gasteiger partial charge on any atom is 0.239 e. The van der Waals surface area contributed by atoms with Gasteiger partial charge in [-0.2, -0.15) is 0 Å². The minimum atomic E-state index is -0.764. The molecule has 1 aliphatic rings. The molecule has 11 heteroatoms. The van der Waals surface area contributed by atoms with Gasteiger partial charge in [0.15, 0.2) is 0 Å². The van der Waals surface area contributed by atoms with Gasteiger partial charge in [0.25, 0.3) is 0 Å². The standard InChI is InChI=1S/C24H41N7O4/c1-5-6-19(24(35)27-10-9-26-3)20(14-21(25)32)30-23(34)16-29-22(33)15-28-17(2)13-18-7-11-31(4)12-8-18/h7-8,11,19-20,26,28H,2,5-6,9-10,12-16H2,1,3-4H3,(H2,25,32)(H,27,35)(H,29,33)(H,30,34). The molecule has 0 bridgehead atoms. The normalized spacial score (nSPS) is 14.4. The van der Waals surface area contributed by atoms with E-state index >= 15 is 0 Å². The summed E-state index contributed by atoms with van der Waals surface area (Å²) in [6.07, 6.45) is 7.65. The minimum Gasteiger partial charge on any atom is -0.380 e. The summed E-state index contributed by atoms with van der Waals surface area (Å²) in [5.74, 6) is -2.38. The number of carbonyl (C=O) groups is 4. The van der Waals surface area contributed by atoms with Gasteiger partial charge in [0.05, 0.1) is 19.0 Å². The first-order valence-electron chi connectivity index (χ1n) is 11.9. The Morgan fingerprint density at radius 1 is 1.11 bits per heavy atom. The molecule has 35 heavy (non-hydrogen) atoms. The van der Waals surface area contributed by atoms with E-state index in [-0.39, 0.29) is 31.3 Å². The summed E-state index contributed by atoms with van der Waals surface area (Å²) in [6, 6.07) is -0.764. The molecular formula is C24H41N7O4. The Bertz CT molecular complexity index is 810. The van der Waals surface area contributed by atoms with Crippen molar-refractivity contribution in [3.05, 3.63) is 36.2 Å². The number of amides is 4. The molecule has 2 atom stereocenters. The maximum atomic E-state index is 12.6. The first-order valence-corrected chi connectivity index (χ1v) is 11.9. The fourth-order valence-corrected chi connectivity index (χ4v) is 3.54. The Labute approximate surface area is 208 Å². The molecule has 4 amide bonds. The van der Waals surface area contributed by atoms with Crippen molar-refractivity contribution in [2.45, 2.75) is 38.6 Å². The number of likely N-dealkylation sites (N-methyl/N-ethyl adjacent to an activating group) is 2. The highest BCUT2D eigenvalue weighted by molar-refractivity contribution is 5.87. The second-order valence-corrected chi connectivity index (χ2v) is 8.58. The fourth-order valence-electron chi connectivity index (χ4n) is 3.54. The van der Waals surface area contributed by atoms with Crippen molar-refractivity contribution in [1.29, 1.82) is 0 Å². The van der Waals surface area contributed by atoms with Crippen LogP contribution in [-0.4, -0.2) is 81.4 Å². The van der Waals surface area contributed by atoms with E-state index in [2.05, 4.69) is 39.2 Å². The number of allylic oxidation sites excluding steroid dienone is 2. The monoisotopic (exact) mass is 491 g/mol. The molecule has 1 heterocycles. The van der Waals surface area contributed by atoms with E-state index in [0.717, 1.165) is 12.1 Å². The lowest BCUT2D eigenvalue weighted by Crippen LogP contribution is -2.51. The van der Waals surface area contributed by atoms with Crippen molar-refractivity contribution in [2.75, 3.05) is 46.8 Å². The number of nitrogens with zero attached hydrogens (tertiary/aromatic N) is 1. The van der Waals surface area contributed by atoms with Gasteiger partial charge in [-0.3, -0.25) is 19.2 Å². The second-order valence-electron chi connectivity index (χ2n) is 8.58. The van der Waals surface area contributed by atoms with Crippen LogP contribution >= 0.6 is 0 Å². The zero-order valence-corrected chi connectivity index (χ0v) is 21.1. The minimum absolute atomic E-state index is 0.0277. The van der Waals surface area contributed by atoms with E-state index < -0.39 is 23.8 Å². The third kappa shape index (κ3) is 12.6. The largest absolute Gasteiger partial charge is 0.380 e. The van der Waals surface area contributed by atoms with Crippen LogP contribution in [0, 0.1) is 5.92 Å². The van der Waals surface area contributed by atoms with Crippen LogP contribution in [0.4, 0.5) is 0 Å². The molecule has 11 nitrogen and oxygen atoms in total. The predicted molar refractivity (Wildman–Crippen MR) is 136 cm³/mol. The Hall–Kier alpha value is -3.34. The quantitative estimate of drug-likeness (QED) is 0.144. The van der Waals surface area contributed by atoms with E-state index in [9.17, 15) is 19.2 Å². The van der Waals surface area contributed by atoms with E-state index in [1.807, 2.05) is 31.1 Å². The molecule has 0 fully saturated rings. The van der Waals surface area contributed by atoms with Crippen LogP contribution < -0.4 is 32.3 Å². The molecule has 0 saturated carbocycles. The summed E-state index contributed by atoms with van der Waals surface area (Å²) in [7, 11) is 3.76. The topological polar surface area (TPSA) is 158 Å². The zero-order valence-electron chi connectivity index (χ0n) is 21.1. The molecular weight excluding hydrogens is 450 g/mol. The van der Waals surface area contributed by atoms with E-state index in [0.29, 0.717) is 38.0 Å². The van der Waals surface area contributed by atoms with Gasteiger partial charge < -0.3 is 37.2 Å². The first-order chi connectivity index (χ1) is 16.7. The Morgan fingerprint density at radius 3 is 2.43 bits per heavy atom. The highest BCUT2D eigenvalue weighted by Gasteiger charge is 2.30. The van der Waals surface area contributed by atoms with Crippen LogP contribution in [0.3, 0.4) is 0 Å². The average Bonchev–Trinajstić information content (AvgIpc) is 2.80.